The quantitative estimate of drug-likeness (QED) is 0.556. The normalized spacial score (nSPS) is 17.4. The second-order valence-electron chi connectivity index (χ2n) is 6.41. The summed E-state index contributed by atoms with van der Waals surface area (Å²) in [6.45, 7) is 4.92. The van der Waals surface area contributed by atoms with Gasteiger partial charge in [0, 0.05) is 37.1 Å². The van der Waals surface area contributed by atoms with E-state index in [1.54, 1.807) is 18.6 Å². The predicted molar refractivity (Wildman–Crippen MR) is 97.4 cm³/mol. The zero-order chi connectivity index (χ0) is 17.7. The van der Waals surface area contributed by atoms with Gasteiger partial charge < -0.3 is 19.4 Å². The Morgan fingerprint density at radius 1 is 1.31 bits per heavy atom. The van der Waals surface area contributed by atoms with Crippen molar-refractivity contribution in [2.24, 2.45) is 0 Å². The Labute approximate surface area is 148 Å². The highest BCUT2D eigenvalue weighted by atomic mass is 16.2. The molecule has 1 atom stereocenters. The molecule has 5 rings (SSSR count). The minimum absolute atomic E-state index is 0.0371. The van der Waals surface area contributed by atoms with Crippen LogP contribution < -0.4 is 0 Å². The molecule has 0 saturated carbocycles. The van der Waals surface area contributed by atoms with Crippen LogP contribution >= 0.6 is 0 Å². The van der Waals surface area contributed by atoms with Crippen LogP contribution in [0.25, 0.3) is 33.7 Å². The van der Waals surface area contributed by atoms with Crippen LogP contribution in [0.15, 0.2) is 43.5 Å². The minimum Gasteiger partial charge on any atom is -0.346 e. The Bertz CT molecular complexity index is 1120. The maximum atomic E-state index is 12.0. The van der Waals surface area contributed by atoms with E-state index in [0.717, 1.165) is 34.3 Å². The molecule has 1 amide bonds. The van der Waals surface area contributed by atoms with E-state index in [-0.39, 0.29) is 11.9 Å². The van der Waals surface area contributed by atoms with E-state index in [0.29, 0.717) is 18.9 Å². The Balaban J connectivity index is 1.73. The molecule has 1 aliphatic rings. The van der Waals surface area contributed by atoms with E-state index < -0.39 is 0 Å². The summed E-state index contributed by atoms with van der Waals surface area (Å²) in [5.74, 6) is 1.43. The van der Waals surface area contributed by atoms with Crippen molar-refractivity contribution >= 4 is 28.0 Å². The Kier molecular flexibility index (Phi) is 3.18. The number of carbonyl (C=O) groups excluding carboxylic acids is 1. The number of nitrogens with one attached hydrogen (secondary N) is 2. The second kappa shape index (κ2) is 5.55. The minimum atomic E-state index is -0.0371. The van der Waals surface area contributed by atoms with Crippen LogP contribution in [-0.2, 0) is 4.79 Å². The van der Waals surface area contributed by atoms with Gasteiger partial charge in [-0.3, -0.25) is 4.79 Å². The lowest BCUT2D eigenvalue weighted by atomic mass is 10.2. The molecule has 8 heteroatoms. The molecule has 0 aromatic carbocycles. The number of H-pyrrole nitrogens is 2. The smallest absolute Gasteiger partial charge is 0.246 e. The molecule has 0 aliphatic carbocycles. The molecule has 26 heavy (non-hydrogen) atoms. The van der Waals surface area contributed by atoms with Gasteiger partial charge in [0.25, 0.3) is 0 Å². The van der Waals surface area contributed by atoms with Crippen molar-refractivity contribution in [2.45, 2.75) is 12.5 Å². The van der Waals surface area contributed by atoms with Gasteiger partial charge in [0.15, 0.2) is 11.6 Å². The van der Waals surface area contributed by atoms with Gasteiger partial charge in [0.05, 0.1) is 17.8 Å². The molecule has 4 aromatic heterocycles. The summed E-state index contributed by atoms with van der Waals surface area (Å²) in [5.41, 5.74) is 2.65. The van der Waals surface area contributed by atoms with Crippen molar-refractivity contribution in [2.75, 3.05) is 13.1 Å². The van der Waals surface area contributed by atoms with Crippen molar-refractivity contribution < 1.29 is 4.79 Å². The molecule has 8 nitrogen and oxygen atoms in total. The molecule has 0 bridgehead atoms. The number of hydrogen-bond donors (Lipinski definition) is 2. The number of nitrogens with zero attached hydrogens (tertiary/aromatic N) is 5. The van der Waals surface area contributed by atoms with E-state index in [4.69, 9.17) is 4.98 Å². The first kappa shape index (κ1) is 14.9. The van der Waals surface area contributed by atoms with Crippen molar-refractivity contribution in [3.8, 4) is 11.6 Å². The SMILES string of the molecule is C=CC(=O)N1CC[C@@H](n2c(-c3ncc[nH]3)nc3cnc4[nH]ccc4c32)C1. The van der Waals surface area contributed by atoms with E-state index in [1.165, 1.54) is 6.08 Å². The fraction of sp³-hybridized carbons (Fsp3) is 0.222. The van der Waals surface area contributed by atoms with Crippen LogP contribution in [0.1, 0.15) is 12.5 Å². The monoisotopic (exact) mass is 347 g/mol. The zero-order valence-electron chi connectivity index (χ0n) is 14.0. The highest BCUT2D eigenvalue weighted by molar-refractivity contribution is 6.02. The lowest BCUT2D eigenvalue weighted by molar-refractivity contribution is -0.125. The van der Waals surface area contributed by atoms with Gasteiger partial charge in [-0.1, -0.05) is 6.58 Å². The van der Waals surface area contributed by atoms with Gasteiger partial charge in [0.2, 0.25) is 5.91 Å². The van der Waals surface area contributed by atoms with Gasteiger partial charge >= 0.3 is 0 Å². The highest BCUT2D eigenvalue weighted by Gasteiger charge is 2.30. The van der Waals surface area contributed by atoms with Gasteiger partial charge in [0.1, 0.15) is 11.2 Å². The third kappa shape index (κ3) is 2.08. The molecule has 0 spiro atoms. The summed E-state index contributed by atoms with van der Waals surface area (Å²) in [4.78, 5) is 33.8. The fourth-order valence-electron chi connectivity index (χ4n) is 3.78. The summed E-state index contributed by atoms with van der Waals surface area (Å²) >= 11 is 0. The van der Waals surface area contributed by atoms with Gasteiger partial charge in [-0.25, -0.2) is 15.0 Å². The topological polar surface area (TPSA) is 95.5 Å². The van der Waals surface area contributed by atoms with Crippen LogP contribution in [0.5, 0.6) is 0 Å². The Morgan fingerprint density at radius 3 is 3.04 bits per heavy atom. The summed E-state index contributed by atoms with van der Waals surface area (Å²) in [5, 5.41) is 1.02. The largest absolute Gasteiger partial charge is 0.346 e. The zero-order valence-corrected chi connectivity index (χ0v) is 14.0. The number of amides is 1. The lowest BCUT2D eigenvalue weighted by Crippen LogP contribution is -2.27. The van der Waals surface area contributed by atoms with E-state index in [2.05, 4.69) is 31.1 Å². The number of aromatic nitrogens is 6. The number of aromatic amines is 2. The molecular weight excluding hydrogens is 330 g/mol. The first-order valence-corrected chi connectivity index (χ1v) is 8.51. The molecule has 4 aromatic rings. The fourth-order valence-corrected chi connectivity index (χ4v) is 3.78. The molecule has 1 fully saturated rings. The van der Waals surface area contributed by atoms with Crippen LogP contribution in [0.3, 0.4) is 0 Å². The van der Waals surface area contributed by atoms with E-state index in [9.17, 15) is 4.79 Å². The number of imidazole rings is 2. The van der Waals surface area contributed by atoms with Crippen LogP contribution in [-0.4, -0.2) is 53.4 Å². The van der Waals surface area contributed by atoms with E-state index >= 15 is 0 Å². The van der Waals surface area contributed by atoms with Crippen LogP contribution in [0, 0.1) is 0 Å². The summed E-state index contributed by atoms with van der Waals surface area (Å²) < 4.78 is 2.20. The average molecular weight is 347 g/mol. The number of likely N-dealkylation sites (tertiary alicyclic amines) is 1. The number of hydrogen-bond acceptors (Lipinski definition) is 4. The molecule has 0 radical (unpaired) electrons. The third-order valence-corrected chi connectivity index (χ3v) is 4.96. The molecule has 2 N–H and O–H groups in total. The first-order chi connectivity index (χ1) is 12.8. The maximum Gasteiger partial charge on any atom is 0.246 e. The molecule has 5 heterocycles. The van der Waals surface area contributed by atoms with Gasteiger partial charge in [-0.05, 0) is 18.6 Å². The number of pyridine rings is 1. The summed E-state index contributed by atoms with van der Waals surface area (Å²) in [6, 6.07) is 2.13. The number of rotatable bonds is 3. The highest BCUT2D eigenvalue weighted by Crippen LogP contribution is 2.34. The van der Waals surface area contributed by atoms with Crippen molar-refractivity contribution in [1.82, 2.24) is 34.4 Å². The maximum absolute atomic E-state index is 12.0. The second-order valence-corrected chi connectivity index (χ2v) is 6.41. The summed E-state index contributed by atoms with van der Waals surface area (Å²) in [7, 11) is 0. The van der Waals surface area contributed by atoms with Gasteiger partial charge in [-0.15, -0.1) is 0 Å². The molecular formula is C18H17N7O. The first-order valence-electron chi connectivity index (χ1n) is 8.51. The Hall–Kier alpha value is -3.42. The molecule has 130 valence electrons. The summed E-state index contributed by atoms with van der Waals surface area (Å²) in [6.07, 6.45) is 9.38. The predicted octanol–water partition coefficient (Wildman–Crippen LogP) is 2.26. The Morgan fingerprint density at radius 2 is 2.23 bits per heavy atom. The van der Waals surface area contributed by atoms with Crippen molar-refractivity contribution in [1.29, 1.82) is 0 Å². The number of fused-ring (bicyclic) bond motifs is 3. The number of carbonyl (C=O) groups is 1. The average Bonchev–Trinajstić information content (AvgIpc) is 3.44. The molecule has 1 saturated heterocycles. The molecule has 1 aliphatic heterocycles. The van der Waals surface area contributed by atoms with Crippen molar-refractivity contribution in [3.05, 3.63) is 43.5 Å². The third-order valence-electron chi connectivity index (χ3n) is 4.96. The lowest BCUT2D eigenvalue weighted by Gasteiger charge is -2.18. The standard InChI is InChI=1S/C18H17N7O/c1-2-14(26)24-8-4-11(10-24)25-15-12-3-5-19-16(12)22-9-13(15)23-18(25)17-20-6-7-21-17/h2-3,5-7,9,11H,1,4,8,10H2,(H,19,22)(H,20,21)/t11-/m1/s1. The van der Waals surface area contributed by atoms with Gasteiger partial charge in [-0.2, -0.15) is 0 Å². The van der Waals surface area contributed by atoms with Crippen molar-refractivity contribution in [3.63, 3.8) is 0 Å². The van der Waals surface area contributed by atoms with Crippen LogP contribution in [0.4, 0.5) is 0 Å². The molecule has 0 unspecified atom stereocenters. The van der Waals surface area contributed by atoms with Crippen LogP contribution in [0.2, 0.25) is 0 Å². The van der Waals surface area contributed by atoms with E-state index in [1.807, 2.05) is 17.2 Å².